The number of nitrogens with one attached hydrogen (secondary N) is 1. The second kappa shape index (κ2) is 8.56. The SMILES string of the molecule is COC(=O)c1ccc(Nc2nccc(Cl)n2)cc1.O=P(O)(O)O. The lowest BCUT2D eigenvalue weighted by molar-refractivity contribution is 0.0600. The second-order valence-corrected chi connectivity index (χ2v) is 5.32. The first-order valence-corrected chi connectivity index (χ1v) is 7.85. The number of hydrogen-bond donors (Lipinski definition) is 4. The Morgan fingerprint density at radius 3 is 2.26 bits per heavy atom. The van der Waals surface area contributed by atoms with Gasteiger partial charge in [-0.15, -0.1) is 0 Å². The Balaban J connectivity index is 0.000000463. The minimum atomic E-state index is -4.64. The molecule has 2 aromatic rings. The molecule has 0 spiro atoms. The van der Waals surface area contributed by atoms with Crippen LogP contribution in [0.15, 0.2) is 36.5 Å². The number of phosphoric acid groups is 1. The van der Waals surface area contributed by atoms with E-state index < -0.39 is 7.82 Å². The van der Waals surface area contributed by atoms with Gasteiger partial charge in [-0.25, -0.2) is 19.3 Å². The molecule has 1 aromatic heterocycles. The molecule has 0 atom stereocenters. The minimum absolute atomic E-state index is 0.360. The van der Waals surface area contributed by atoms with Crippen molar-refractivity contribution in [2.45, 2.75) is 0 Å². The molecule has 23 heavy (non-hydrogen) atoms. The predicted octanol–water partition coefficient (Wildman–Crippen LogP) is 1.73. The summed E-state index contributed by atoms with van der Waals surface area (Å²) in [4.78, 5) is 40.8. The lowest BCUT2D eigenvalue weighted by Gasteiger charge is -2.05. The highest BCUT2D eigenvalue weighted by Crippen LogP contribution is 2.25. The maximum absolute atomic E-state index is 11.2. The molecule has 0 unspecified atom stereocenters. The van der Waals surface area contributed by atoms with Crippen molar-refractivity contribution in [3.63, 3.8) is 0 Å². The van der Waals surface area contributed by atoms with E-state index in [-0.39, 0.29) is 5.97 Å². The zero-order valence-electron chi connectivity index (χ0n) is 11.8. The molecule has 0 bridgehead atoms. The van der Waals surface area contributed by atoms with Crippen molar-refractivity contribution in [2.75, 3.05) is 12.4 Å². The Kier molecular flexibility index (Phi) is 7.08. The van der Waals surface area contributed by atoms with Gasteiger partial charge in [0, 0.05) is 11.9 Å². The van der Waals surface area contributed by atoms with Crippen LogP contribution in [0.1, 0.15) is 10.4 Å². The lowest BCUT2D eigenvalue weighted by Crippen LogP contribution is -2.01. The summed E-state index contributed by atoms with van der Waals surface area (Å²) in [6, 6.07) is 8.36. The number of esters is 1. The Morgan fingerprint density at radius 1 is 1.22 bits per heavy atom. The van der Waals surface area contributed by atoms with Crippen molar-refractivity contribution in [1.29, 1.82) is 0 Å². The van der Waals surface area contributed by atoms with Crippen LogP contribution in [0.25, 0.3) is 0 Å². The molecule has 0 aliphatic rings. The summed E-state index contributed by atoms with van der Waals surface area (Å²) in [7, 11) is -3.30. The third-order valence-corrected chi connectivity index (χ3v) is 2.39. The first kappa shape index (κ1) is 19.0. The van der Waals surface area contributed by atoms with Crippen molar-refractivity contribution >= 4 is 37.0 Å². The fourth-order valence-electron chi connectivity index (χ4n) is 1.33. The molecule has 9 nitrogen and oxygen atoms in total. The van der Waals surface area contributed by atoms with Gasteiger partial charge >= 0.3 is 13.8 Å². The largest absolute Gasteiger partial charge is 0.466 e. The topological polar surface area (TPSA) is 142 Å². The molecule has 1 aromatic carbocycles. The van der Waals surface area contributed by atoms with Gasteiger partial charge in [0.1, 0.15) is 5.15 Å². The van der Waals surface area contributed by atoms with Crippen molar-refractivity contribution in [2.24, 2.45) is 0 Å². The van der Waals surface area contributed by atoms with Crippen LogP contribution in [0.3, 0.4) is 0 Å². The summed E-state index contributed by atoms with van der Waals surface area (Å²) in [5, 5.41) is 3.33. The van der Waals surface area contributed by atoms with E-state index >= 15 is 0 Å². The Hall–Kier alpha value is -2.03. The molecule has 2 rings (SSSR count). The summed E-state index contributed by atoms with van der Waals surface area (Å²) in [6.45, 7) is 0. The van der Waals surface area contributed by atoms with Crippen molar-refractivity contribution in [3.05, 3.63) is 47.2 Å². The third-order valence-electron chi connectivity index (χ3n) is 2.18. The number of benzene rings is 1. The highest BCUT2D eigenvalue weighted by Gasteiger charge is 2.05. The fraction of sp³-hybridized carbons (Fsp3) is 0.0833. The van der Waals surface area contributed by atoms with E-state index in [1.54, 1.807) is 36.5 Å². The standard InChI is InChI=1S/C12H10ClN3O2.H3O4P/c1-18-11(17)8-2-4-9(5-3-8)15-12-14-7-6-10(13)16-12;1-5(2,3)4/h2-7H,1H3,(H,14,15,16);(H3,1,2,3,4). The molecule has 0 radical (unpaired) electrons. The van der Waals surface area contributed by atoms with E-state index in [1.807, 2.05) is 0 Å². The Bertz CT molecular complexity index is 698. The molecular formula is C12H13ClN3O6P. The molecule has 0 saturated carbocycles. The van der Waals surface area contributed by atoms with Gasteiger partial charge in [0.15, 0.2) is 0 Å². The number of rotatable bonds is 3. The monoisotopic (exact) mass is 361 g/mol. The van der Waals surface area contributed by atoms with Crippen molar-refractivity contribution in [1.82, 2.24) is 9.97 Å². The number of methoxy groups -OCH3 is 1. The molecule has 0 aliphatic heterocycles. The summed E-state index contributed by atoms with van der Waals surface area (Å²) in [6.07, 6.45) is 1.56. The summed E-state index contributed by atoms with van der Waals surface area (Å²) in [5.74, 6) is 0.0221. The summed E-state index contributed by atoms with van der Waals surface area (Å²) < 4.78 is 13.5. The first-order valence-electron chi connectivity index (χ1n) is 5.91. The normalized spacial score (nSPS) is 10.3. The number of carbonyl (C=O) groups excluding carboxylic acids is 1. The van der Waals surface area contributed by atoms with Crippen LogP contribution in [-0.4, -0.2) is 37.7 Å². The van der Waals surface area contributed by atoms with Gasteiger partial charge in [-0.3, -0.25) is 0 Å². The van der Waals surface area contributed by atoms with Crippen LogP contribution >= 0.6 is 19.4 Å². The average Bonchev–Trinajstić information content (AvgIpc) is 2.45. The van der Waals surface area contributed by atoms with Crippen LogP contribution in [0, 0.1) is 0 Å². The van der Waals surface area contributed by atoms with Gasteiger partial charge in [0.25, 0.3) is 0 Å². The van der Waals surface area contributed by atoms with Crippen LogP contribution in [-0.2, 0) is 9.30 Å². The van der Waals surface area contributed by atoms with E-state index in [2.05, 4.69) is 20.0 Å². The molecule has 124 valence electrons. The minimum Gasteiger partial charge on any atom is -0.465 e. The third kappa shape index (κ3) is 8.24. The zero-order valence-corrected chi connectivity index (χ0v) is 13.4. The Labute approximate surface area is 136 Å². The highest BCUT2D eigenvalue weighted by molar-refractivity contribution is 7.45. The summed E-state index contributed by atoms with van der Waals surface area (Å²) in [5.41, 5.74) is 1.24. The number of ether oxygens (including phenoxy) is 1. The van der Waals surface area contributed by atoms with Crippen molar-refractivity contribution in [3.8, 4) is 0 Å². The highest BCUT2D eigenvalue weighted by atomic mass is 35.5. The lowest BCUT2D eigenvalue weighted by atomic mass is 10.2. The number of aromatic nitrogens is 2. The fourth-order valence-corrected chi connectivity index (χ4v) is 1.47. The zero-order chi connectivity index (χ0) is 17.5. The average molecular weight is 362 g/mol. The van der Waals surface area contributed by atoms with E-state index in [1.165, 1.54) is 7.11 Å². The Morgan fingerprint density at radius 2 is 1.78 bits per heavy atom. The number of anilines is 2. The van der Waals surface area contributed by atoms with E-state index in [9.17, 15) is 4.79 Å². The van der Waals surface area contributed by atoms with E-state index in [0.717, 1.165) is 5.69 Å². The number of carbonyl (C=O) groups is 1. The molecular weight excluding hydrogens is 349 g/mol. The van der Waals surface area contributed by atoms with Crippen molar-refractivity contribution < 1.29 is 28.8 Å². The molecule has 0 fully saturated rings. The predicted molar refractivity (Wildman–Crippen MR) is 82.4 cm³/mol. The molecule has 11 heteroatoms. The maximum Gasteiger partial charge on any atom is 0.466 e. The summed E-state index contributed by atoms with van der Waals surface area (Å²) >= 11 is 5.74. The number of hydrogen-bond acceptors (Lipinski definition) is 6. The number of nitrogens with zero attached hydrogens (tertiary/aromatic N) is 2. The van der Waals surface area contributed by atoms with E-state index in [4.69, 9.17) is 30.8 Å². The van der Waals surface area contributed by atoms with Gasteiger partial charge in [-0.2, -0.15) is 0 Å². The van der Waals surface area contributed by atoms with Crippen LogP contribution in [0.4, 0.5) is 11.6 Å². The van der Waals surface area contributed by atoms with Gasteiger partial charge < -0.3 is 24.7 Å². The second-order valence-electron chi connectivity index (χ2n) is 3.91. The van der Waals surface area contributed by atoms with Gasteiger partial charge in [0.05, 0.1) is 12.7 Å². The number of halogens is 1. The molecule has 4 N–H and O–H groups in total. The molecule has 0 aliphatic carbocycles. The van der Waals surface area contributed by atoms with Crippen LogP contribution in [0.5, 0.6) is 0 Å². The van der Waals surface area contributed by atoms with Gasteiger partial charge in [0.2, 0.25) is 5.95 Å². The molecule has 1 heterocycles. The quantitative estimate of drug-likeness (QED) is 0.365. The van der Waals surface area contributed by atoms with Crippen LogP contribution in [0.2, 0.25) is 5.15 Å². The van der Waals surface area contributed by atoms with E-state index in [0.29, 0.717) is 16.7 Å². The molecule has 0 saturated heterocycles. The molecule has 0 amide bonds. The smallest absolute Gasteiger partial charge is 0.465 e. The van der Waals surface area contributed by atoms with Gasteiger partial charge in [-0.05, 0) is 30.3 Å². The van der Waals surface area contributed by atoms with Crippen LogP contribution < -0.4 is 5.32 Å². The first-order chi connectivity index (χ1) is 10.7. The van der Waals surface area contributed by atoms with Gasteiger partial charge in [-0.1, -0.05) is 11.6 Å². The maximum atomic E-state index is 11.2.